The molecule has 2 heterocycles. The molecule has 0 unspecified atom stereocenters. The van der Waals surface area contributed by atoms with Crippen LogP contribution < -0.4 is 21.1 Å². The predicted octanol–water partition coefficient (Wildman–Crippen LogP) is 4.46. The Morgan fingerprint density at radius 3 is 2.57 bits per heavy atom. The topological polar surface area (TPSA) is 131 Å². The summed E-state index contributed by atoms with van der Waals surface area (Å²) < 4.78 is 86.2. The van der Waals surface area contributed by atoms with E-state index in [-0.39, 0.29) is 45.9 Å². The number of alkyl halides is 6. The first-order chi connectivity index (χ1) is 16.4. The standard InChI is InChI=1S/C20H20F6N6O3/c21-19(22,23)8-28-10-5-12-13(27)7-14(30-16(12)15(6-10)35-20(24,25)26)17-31-32-18(34-17)29-9-2-1-3-11(33)4-9/h5-7,9,11,28,33H,1-4,8H2,(H2,27,30)(H,29,32)/t9-,11+/m1/s1. The minimum atomic E-state index is -5.14. The van der Waals surface area contributed by atoms with Crippen LogP contribution in [0.15, 0.2) is 22.6 Å². The second-order valence-electron chi connectivity index (χ2n) is 8.06. The number of nitrogen functional groups attached to an aromatic ring is 1. The van der Waals surface area contributed by atoms with Gasteiger partial charge in [-0.25, -0.2) is 4.98 Å². The summed E-state index contributed by atoms with van der Waals surface area (Å²) in [5.41, 5.74) is 5.16. The van der Waals surface area contributed by atoms with Gasteiger partial charge in [0.1, 0.15) is 17.8 Å². The van der Waals surface area contributed by atoms with Crippen LogP contribution in [0.2, 0.25) is 0 Å². The fraction of sp³-hybridized carbons (Fsp3) is 0.450. The molecule has 35 heavy (non-hydrogen) atoms. The number of anilines is 3. The molecule has 0 bridgehead atoms. The minimum Gasteiger partial charge on any atom is -0.403 e. The lowest BCUT2D eigenvalue weighted by Gasteiger charge is -2.25. The molecule has 15 heteroatoms. The zero-order valence-corrected chi connectivity index (χ0v) is 17.9. The molecule has 0 radical (unpaired) electrons. The van der Waals surface area contributed by atoms with Gasteiger partial charge in [-0.15, -0.1) is 18.3 Å². The summed E-state index contributed by atoms with van der Waals surface area (Å²) in [6, 6.07) is 3.04. The number of hydrogen-bond acceptors (Lipinski definition) is 9. The van der Waals surface area contributed by atoms with Gasteiger partial charge in [-0.2, -0.15) is 13.2 Å². The average molecular weight is 506 g/mol. The number of ether oxygens (including phenoxy) is 1. The Balaban J connectivity index is 1.67. The normalized spacial score (nSPS) is 19.1. The van der Waals surface area contributed by atoms with Crippen LogP contribution >= 0.6 is 0 Å². The molecule has 0 amide bonds. The van der Waals surface area contributed by atoms with Crippen LogP contribution in [0.4, 0.5) is 43.7 Å². The van der Waals surface area contributed by atoms with E-state index in [1.165, 1.54) is 6.07 Å². The summed E-state index contributed by atoms with van der Waals surface area (Å²) in [6.45, 7) is -1.48. The summed E-state index contributed by atoms with van der Waals surface area (Å²) >= 11 is 0. The van der Waals surface area contributed by atoms with Crippen molar-refractivity contribution in [2.24, 2.45) is 0 Å². The zero-order valence-electron chi connectivity index (χ0n) is 17.9. The number of aliphatic hydroxyl groups excluding tert-OH is 1. The number of aromatic nitrogens is 3. The van der Waals surface area contributed by atoms with Gasteiger partial charge in [0.2, 0.25) is 0 Å². The number of nitrogens with one attached hydrogen (secondary N) is 2. The number of fused-ring (bicyclic) bond motifs is 1. The van der Waals surface area contributed by atoms with Crippen molar-refractivity contribution in [2.75, 3.05) is 22.9 Å². The third-order valence-corrected chi connectivity index (χ3v) is 5.25. The summed E-state index contributed by atoms with van der Waals surface area (Å²) in [5, 5.41) is 22.4. The Hall–Kier alpha value is -3.49. The molecule has 2 atom stereocenters. The van der Waals surface area contributed by atoms with E-state index in [2.05, 4.69) is 25.2 Å². The van der Waals surface area contributed by atoms with Crippen LogP contribution in [0.25, 0.3) is 22.5 Å². The fourth-order valence-electron chi connectivity index (χ4n) is 3.79. The third-order valence-electron chi connectivity index (χ3n) is 5.25. The molecule has 0 spiro atoms. The van der Waals surface area contributed by atoms with E-state index >= 15 is 0 Å². The maximum Gasteiger partial charge on any atom is 0.573 e. The van der Waals surface area contributed by atoms with Crippen molar-refractivity contribution in [1.29, 1.82) is 0 Å². The zero-order chi connectivity index (χ0) is 25.4. The molecule has 0 aliphatic heterocycles. The molecular weight excluding hydrogens is 486 g/mol. The largest absolute Gasteiger partial charge is 0.573 e. The number of pyridine rings is 1. The molecule has 1 fully saturated rings. The second kappa shape index (κ2) is 9.28. The van der Waals surface area contributed by atoms with E-state index in [4.69, 9.17) is 10.2 Å². The molecule has 9 nitrogen and oxygen atoms in total. The van der Waals surface area contributed by atoms with Gasteiger partial charge >= 0.3 is 18.6 Å². The Labute approximate surface area is 193 Å². The van der Waals surface area contributed by atoms with Crippen molar-refractivity contribution in [3.05, 3.63) is 18.2 Å². The summed E-state index contributed by atoms with van der Waals surface area (Å²) in [5.74, 6) is -1.02. The SMILES string of the molecule is Nc1cc(-c2nnc(N[C@@H]3CCC[C@H](O)C3)o2)nc2c(OC(F)(F)F)cc(NCC(F)(F)F)cc12. The fourth-order valence-corrected chi connectivity index (χ4v) is 3.79. The third kappa shape index (κ3) is 6.35. The highest BCUT2D eigenvalue weighted by Crippen LogP contribution is 2.37. The Morgan fingerprint density at radius 2 is 1.89 bits per heavy atom. The Kier molecular flexibility index (Phi) is 6.53. The highest BCUT2D eigenvalue weighted by atomic mass is 19.4. The number of aliphatic hydroxyl groups is 1. The molecule has 3 aromatic rings. The molecule has 1 aliphatic rings. The number of nitrogens with zero attached hydrogens (tertiary/aromatic N) is 3. The van der Waals surface area contributed by atoms with Crippen LogP contribution in [0.1, 0.15) is 25.7 Å². The van der Waals surface area contributed by atoms with Gasteiger partial charge in [-0.3, -0.25) is 0 Å². The van der Waals surface area contributed by atoms with Crippen molar-refractivity contribution in [3.63, 3.8) is 0 Å². The second-order valence-corrected chi connectivity index (χ2v) is 8.06. The first-order valence-electron chi connectivity index (χ1n) is 10.5. The van der Waals surface area contributed by atoms with Crippen molar-refractivity contribution >= 4 is 28.3 Å². The first kappa shape index (κ1) is 24.6. The van der Waals surface area contributed by atoms with Gasteiger partial charge in [0, 0.05) is 28.9 Å². The molecule has 0 saturated heterocycles. The first-order valence-corrected chi connectivity index (χ1v) is 10.5. The van der Waals surface area contributed by atoms with Crippen molar-refractivity contribution in [2.45, 2.75) is 50.4 Å². The van der Waals surface area contributed by atoms with E-state index in [1.54, 1.807) is 0 Å². The lowest BCUT2D eigenvalue weighted by atomic mass is 9.93. The number of rotatable bonds is 6. The van der Waals surface area contributed by atoms with Crippen molar-refractivity contribution < 1.29 is 40.6 Å². The summed E-state index contributed by atoms with van der Waals surface area (Å²) in [4.78, 5) is 4.09. The summed E-state index contributed by atoms with van der Waals surface area (Å²) in [6.07, 6.45) is -7.43. The lowest BCUT2D eigenvalue weighted by Crippen LogP contribution is -2.29. The lowest BCUT2D eigenvalue weighted by molar-refractivity contribution is -0.274. The van der Waals surface area contributed by atoms with Crippen molar-refractivity contribution in [1.82, 2.24) is 15.2 Å². The predicted molar refractivity (Wildman–Crippen MR) is 113 cm³/mol. The highest BCUT2D eigenvalue weighted by molar-refractivity contribution is 5.98. The molecule has 4 rings (SSSR count). The highest BCUT2D eigenvalue weighted by Gasteiger charge is 2.33. The molecular formula is C20H20F6N6O3. The van der Waals surface area contributed by atoms with Crippen LogP contribution in [0.5, 0.6) is 5.75 Å². The smallest absolute Gasteiger partial charge is 0.403 e. The van der Waals surface area contributed by atoms with Crippen LogP contribution in [0, 0.1) is 0 Å². The Morgan fingerprint density at radius 1 is 1.11 bits per heavy atom. The molecule has 2 aromatic heterocycles. The molecule has 190 valence electrons. The van der Waals surface area contributed by atoms with Gasteiger partial charge in [0.15, 0.2) is 5.75 Å². The number of hydrogen-bond donors (Lipinski definition) is 4. The van der Waals surface area contributed by atoms with Crippen molar-refractivity contribution in [3.8, 4) is 17.3 Å². The van der Waals surface area contributed by atoms with E-state index in [0.717, 1.165) is 25.0 Å². The number of benzene rings is 1. The average Bonchev–Trinajstić information content (AvgIpc) is 3.19. The molecule has 1 aromatic carbocycles. The van der Waals surface area contributed by atoms with Gasteiger partial charge in [-0.1, -0.05) is 5.10 Å². The van der Waals surface area contributed by atoms with Crippen LogP contribution in [0.3, 0.4) is 0 Å². The number of nitrogens with two attached hydrogens (primary N) is 1. The monoisotopic (exact) mass is 506 g/mol. The van der Waals surface area contributed by atoms with Gasteiger partial charge in [-0.05, 0) is 37.8 Å². The summed E-state index contributed by atoms with van der Waals surface area (Å²) in [7, 11) is 0. The Bertz CT molecular complexity index is 1200. The van der Waals surface area contributed by atoms with Gasteiger partial charge in [0.25, 0.3) is 5.89 Å². The molecule has 5 N–H and O–H groups in total. The molecule has 1 saturated carbocycles. The van der Waals surface area contributed by atoms with E-state index in [1.807, 2.05) is 5.32 Å². The minimum absolute atomic E-state index is 0.0260. The van der Waals surface area contributed by atoms with E-state index in [9.17, 15) is 31.4 Å². The maximum absolute atomic E-state index is 13.0. The van der Waals surface area contributed by atoms with Gasteiger partial charge < -0.3 is 30.6 Å². The van der Waals surface area contributed by atoms with Crippen LogP contribution in [-0.4, -0.2) is 51.5 Å². The van der Waals surface area contributed by atoms with Gasteiger partial charge in [0.05, 0.1) is 6.10 Å². The van der Waals surface area contributed by atoms with E-state index < -0.39 is 30.9 Å². The van der Waals surface area contributed by atoms with Crippen LogP contribution in [-0.2, 0) is 0 Å². The van der Waals surface area contributed by atoms with E-state index in [0.29, 0.717) is 12.8 Å². The maximum atomic E-state index is 13.0. The quantitative estimate of drug-likeness (QED) is 0.358. The number of halogens is 6. The molecule has 1 aliphatic carbocycles.